The van der Waals surface area contributed by atoms with Gasteiger partial charge in [-0.25, -0.2) is 0 Å². The van der Waals surface area contributed by atoms with E-state index in [1.54, 1.807) is 0 Å². The van der Waals surface area contributed by atoms with E-state index < -0.39 is 0 Å². The molecule has 0 radical (unpaired) electrons. The minimum Gasteiger partial charge on any atom is -0.369 e. The first kappa shape index (κ1) is 23.0. The fourth-order valence-corrected chi connectivity index (χ4v) is 5.30. The molecule has 3 aliphatic heterocycles. The summed E-state index contributed by atoms with van der Waals surface area (Å²) in [6, 6.07) is 6.44. The van der Waals surface area contributed by atoms with Crippen molar-refractivity contribution in [1.29, 1.82) is 0 Å². The van der Waals surface area contributed by atoms with E-state index in [0.717, 1.165) is 61.8 Å². The number of nitrogens with zero attached hydrogens (tertiary/aromatic N) is 4. The Morgan fingerprint density at radius 1 is 1.06 bits per heavy atom. The van der Waals surface area contributed by atoms with Crippen molar-refractivity contribution >= 4 is 40.8 Å². The molecule has 2 aromatic rings. The Bertz CT molecular complexity index is 978. The van der Waals surface area contributed by atoms with E-state index in [-0.39, 0.29) is 30.1 Å². The minimum atomic E-state index is -0.356. The number of carbonyl (C=O) groups is 2. The average Bonchev–Trinajstić information content (AvgIpc) is 3.11. The van der Waals surface area contributed by atoms with Crippen LogP contribution >= 0.6 is 12.4 Å². The lowest BCUT2D eigenvalue weighted by atomic mass is 9.93. The normalized spacial score (nSPS) is 23.3. The van der Waals surface area contributed by atoms with Gasteiger partial charge in [0.2, 0.25) is 11.8 Å². The lowest BCUT2D eigenvalue weighted by Crippen LogP contribution is -2.48. The van der Waals surface area contributed by atoms with Gasteiger partial charge in [0.05, 0.1) is 17.1 Å². The van der Waals surface area contributed by atoms with Crippen molar-refractivity contribution in [3.05, 3.63) is 23.9 Å². The number of halogens is 1. The van der Waals surface area contributed by atoms with Crippen LogP contribution in [0.4, 0.5) is 5.69 Å². The second-order valence-electron chi connectivity index (χ2n) is 9.20. The van der Waals surface area contributed by atoms with Crippen molar-refractivity contribution < 1.29 is 9.59 Å². The molecule has 5 rings (SSSR count). The SMILES string of the molecule is Cl.Cn1nc(C2CCC(=O)NC2=O)c2ccc(N3CCN(CC4CCNCC4)CC3)cc21. The number of imide groups is 1. The molecule has 1 unspecified atom stereocenters. The maximum absolute atomic E-state index is 12.3. The Balaban J connectivity index is 0.00000245. The summed E-state index contributed by atoms with van der Waals surface area (Å²) in [4.78, 5) is 28.9. The van der Waals surface area contributed by atoms with Crippen molar-refractivity contribution in [2.24, 2.45) is 13.0 Å². The quantitative estimate of drug-likeness (QED) is 0.675. The monoisotopic (exact) mass is 460 g/mol. The van der Waals surface area contributed by atoms with Gasteiger partial charge >= 0.3 is 0 Å². The van der Waals surface area contributed by atoms with Gasteiger partial charge in [0.1, 0.15) is 0 Å². The van der Waals surface area contributed by atoms with E-state index in [1.165, 1.54) is 25.1 Å². The molecule has 8 nitrogen and oxygen atoms in total. The van der Waals surface area contributed by atoms with E-state index in [2.05, 4.69) is 43.7 Å². The van der Waals surface area contributed by atoms with Gasteiger partial charge < -0.3 is 10.2 Å². The average molecular weight is 461 g/mol. The number of rotatable bonds is 4. The molecule has 2 N–H and O–H groups in total. The number of fused-ring (bicyclic) bond motifs is 1. The Labute approximate surface area is 195 Å². The zero-order chi connectivity index (χ0) is 21.4. The van der Waals surface area contributed by atoms with E-state index in [9.17, 15) is 9.59 Å². The first-order valence-corrected chi connectivity index (χ1v) is 11.6. The number of anilines is 1. The van der Waals surface area contributed by atoms with Crippen LogP contribution in [0.2, 0.25) is 0 Å². The molecule has 32 heavy (non-hydrogen) atoms. The predicted octanol–water partition coefficient (Wildman–Crippen LogP) is 1.64. The van der Waals surface area contributed by atoms with Crippen molar-refractivity contribution in [2.45, 2.75) is 31.6 Å². The molecule has 0 saturated carbocycles. The molecule has 4 heterocycles. The smallest absolute Gasteiger partial charge is 0.235 e. The number of nitrogens with one attached hydrogen (secondary N) is 2. The van der Waals surface area contributed by atoms with Gasteiger partial charge in [-0.15, -0.1) is 12.4 Å². The molecule has 0 bridgehead atoms. The first-order chi connectivity index (χ1) is 15.1. The van der Waals surface area contributed by atoms with Crippen LogP contribution in [-0.4, -0.2) is 72.3 Å². The number of hydrogen-bond acceptors (Lipinski definition) is 6. The molecule has 3 aliphatic rings. The number of piperazine rings is 1. The molecule has 2 amide bonds. The number of amides is 2. The Morgan fingerprint density at radius 2 is 1.81 bits per heavy atom. The number of carbonyl (C=O) groups excluding carboxylic acids is 2. The molecule has 1 aromatic heterocycles. The Hall–Kier alpha value is -2.16. The standard InChI is InChI=1S/C23H32N6O2.ClH/c1-27-20-14-17(29-12-10-28(11-13-29)15-16-6-8-24-9-7-16)2-3-18(20)22(26-27)19-4-5-21(30)25-23(19)31;/h2-3,14,16,19,24H,4-13,15H2,1H3,(H,25,30,31);1H. The van der Waals surface area contributed by atoms with Crippen molar-refractivity contribution in [3.63, 3.8) is 0 Å². The van der Waals surface area contributed by atoms with E-state index >= 15 is 0 Å². The van der Waals surface area contributed by atoms with Crippen LogP contribution in [0.5, 0.6) is 0 Å². The number of benzene rings is 1. The molecule has 9 heteroatoms. The molecule has 3 fully saturated rings. The molecule has 1 aromatic carbocycles. The highest BCUT2D eigenvalue weighted by Crippen LogP contribution is 2.32. The number of piperidine rings is 2. The second-order valence-corrected chi connectivity index (χ2v) is 9.20. The summed E-state index contributed by atoms with van der Waals surface area (Å²) in [5.74, 6) is 0.0586. The number of aromatic nitrogens is 2. The third-order valence-corrected chi connectivity index (χ3v) is 7.15. The van der Waals surface area contributed by atoms with E-state index in [4.69, 9.17) is 0 Å². The number of hydrogen-bond donors (Lipinski definition) is 2. The molecule has 174 valence electrons. The van der Waals surface area contributed by atoms with Gasteiger partial charge in [-0.1, -0.05) is 0 Å². The second kappa shape index (κ2) is 9.77. The highest BCUT2D eigenvalue weighted by atomic mass is 35.5. The van der Waals surface area contributed by atoms with Gasteiger partial charge in [-0.3, -0.25) is 24.5 Å². The van der Waals surface area contributed by atoms with Crippen LogP contribution in [0.25, 0.3) is 10.9 Å². The maximum Gasteiger partial charge on any atom is 0.235 e. The lowest BCUT2D eigenvalue weighted by molar-refractivity contribution is -0.134. The molecule has 1 atom stereocenters. The molecule has 0 spiro atoms. The fourth-order valence-electron chi connectivity index (χ4n) is 5.30. The van der Waals surface area contributed by atoms with Crippen LogP contribution in [0.1, 0.15) is 37.3 Å². The molecular formula is C23H33ClN6O2. The zero-order valence-electron chi connectivity index (χ0n) is 18.7. The summed E-state index contributed by atoms with van der Waals surface area (Å²) in [7, 11) is 1.93. The first-order valence-electron chi connectivity index (χ1n) is 11.6. The van der Waals surface area contributed by atoms with Crippen molar-refractivity contribution in [2.75, 3.05) is 50.7 Å². The summed E-state index contributed by atoms with van der Waals surface area (Å²) in [5.41, 5.74) is 3.03. The zero-order valence-corrected chi connectivity index (χ0v) is 19.5. The van der Waals surface area contributed by atoms with Gasteiger partial charge in [0, 0.05) is 57.3 Å². The molecule has 3 saturated heterocycles. The topological polar surface area (TPSA) is 82.5 Å². The molecular weight excluding hydrogens is 428 g/mol. The largest absolute Gasteiger partial charge is 0.369 e. The van der Waals surface area contributed by atoms with Gasteiger partial charge in [0.15, 0.2) is 0 Å². The van der Waals surface area contributed by atoms with Gasteiger partial charge in [-0.2, -0.15) is 5.10 Å². The van der Waals surface area contributed by atoms with Crippen LogP contribution in [0.15, 0.2) is 18.2 Å². The van der Waals surface area contributed by atoms with Crippen molar-refractivity contribution in [3.8, 4) is 0 Å². The van der Waals surface area contributed by atoms with Gasteiger partial charge in [-0.05, 0) is 56.5 Å². The van der Waals surface area contributed by atoms with Crippen LogP contribution in [-0.2, 0) is 16.6 Å². The Kier molecular flexibility index (Phi) is 7.02. The van der Waals surface area contributed by atoms with Crippen molar-refractivity contribution in [1.82, 2.24) is 25.3 Å². The minimum absolute atomic E-state index is 0. The lowest BCUT2D eigenvalue weighted by Gasteiger charge is -2.38. The van der Waals surface area contributed by atoms with E-state index in [0.29, 0.717) is 12.8 Å². The third kappa shape index (κ3) is 4.63. The highest BCUT2D eigenvalue weighted by molar-refractivity contribution is 6.02. The summed E-state index contributed by atoms with van der Waals surface area (Å²) in [5, 5.41) is 11.6. The highest BCUT2D eigenvalue weighted by Gasteiger charge is 2.32. The van der Waals surface area contributed by atoms with Gasteiger partial charge in [0.25, 0.3) is 0 Å². The van der Waals surface area contributed by atoms with E-state index in [1.807, 2.05) is 11.7 Å². The third-order valence-electron chi connectivity index (χ3n) is 7.15. The summed E-state index contributed by atoms with van der Waals surface area (Å²) in [6.07, 6.45) is 3.49. The maximum atomic E-state index is 12.3. The van der Waals surface area contributed by atoms with Crippen LogP contribution < -0.4 is 15.5 Å². The Morgan fingerprint density at radius 3 is 2.53 bits per heavy atom. The summed E-state index contributed by atoms with van der Waals surface area (Å²) >= 11 is 0. The van der Waals surface area contributed by atoms with Crippen LogP contribution in [0.3, 0.4) is 0 Å². The summed E-state index contributed by atoms with van der Waals surface area (Å²) < 4.78 is 1.87. The number of aryl methyl sites for hydroxylation is 1. The molecule has 0 aliphatic carbocycles. The predicted molar refractivity (Wildman–Crippen MR) is 127 cm³/mol. The van der Waals surface area contributed by atoms with Crippen LogP contribution in [0, 0.1) is 5.92 Å². The fraction of sp³-hybridized carbons (Fsp3) is 0.609. The summed E-state index contributed by atoms with van der Waals surface area (Å²) in [6.45, 7) is 7.84.